The molecule has 0 saturated carbocycles. The normalized spacial score (nSPS) is 11.3. The van der Waals surface area contributed by atoms with Crippen molar-refractivity contribution < 1.29 is 9.84 Å². The number of hydrogen-bond acceptors (Lipinski definition) is 7. The highest BCUT2D eigenvalue weighted by Gasteiger charge is 2.19. The van der Waals surface area contributed by atoms with Crippen LogP contribution in [-0.4, -0.2) is 28.4 Å². The summed E-state index contributed by atoms with van der Waals surface area (Å²) in [6.45, 7) is 6.15. The molecule has 1 heterocycles. The second kappa shape index (κ2) is 8.71. The zero-order chi connectivity index (χ0) is 22.6. The van der Waals surface area contributed by atoms with Gasteiger partial charge in [-0.15, -0.1) is 0 Å². The van der Waals surface area contributed by atoms with Gasteiger partial charge >= 0.3 is 0 Å². The van der Waals surface area contributed by atoms with Crippen molar-refractivity contribution in [2.45, 2.75) is 26.2 Å². The molecular formula is C23H23N5O3. The number of anilines is 1. The average Bonchev–Trinajstić information content (AvgIpc) is 2.74. The van der Waals surface area contributed by atoms with E-state index in [0.29, 0.717) is 16.9 Å². The summed E-state index contributed by atoms with van der Waals surface area (Å²) in [5.74, 6) is 0.356. The van der Waals surface area contributed by atoms with Crippen molar-refractivity contribution in [3.8, 4) is 28.8 Å². The van der Waals surface area contributed by atoms with E-state index in [9.17, 15) is 15.2 Å². The quantitative estimate of drug-likeness (QED) is 0.429. The Labute approximate surface area is 179 Å². The van der Waals surface area contributed by atoms with Crippen molar-refractivity contribution in [2.75, 3.05) is 12.5 Å². The Balaban J connectivity index is 1.96. The summed E-state index contributed by atoms with van der Waals surface area (Å²) < 4.78 is 5.27. The van der Waals surface area contributed by atoms with Gasteiger partial charge in [0.1, 0.15) is 11.6 Å². The Morgan fingerprint density at radius 2 is 1.97 bits per heavy atom. The first-order chi connectivity index (χ1) is 14.7. The Kier molecular flexibility index (Phi) is 6.07. The highest BCUT2D eigenvalue weighted by atomic mass is 16.5. The number of phenolic OH excluding ortho intramolecular Hbond substituents is 1. The van der Waals surface area contributed by atoms with Gasteiger partial charge in [0, 0.05) is 11.1 Å². The third-order valence-electron chi connectivity index (χ3n) is 4.64. The molecule has 1 aromatic heterocycles. The summed E-state index contributed by atoms with van der Waals surface area (Å²) in [7, 11) is 1.48. The number of ether oxygens (including phenoxy) is 1. The molecule has 0 fully saturated rings. The summed E-state index contributed by atoms with van der Waals surface area (Å²) in [6.07, 6.45) is 1.41. The molecule has 3 rings (SSSR count). The zero-order valence-corrected chi connectivity index (χ0v) is 17.7. The molecule has 8 heteroatoms. The Morgan fingerprint density at radius 3 is 2.58 bits per heavy atom. The first-order valence-corrected chi connectivity index (χ1v) is 9.55. The second-order valence-corrected chi connectivity index (χ2v) is 7.85. The predicted octanol–water partition coefficient (Wildman–Crippen LogP) is 3.77. The molecule has 158 valence electrons. The number of aromatic nitrogens is 2. The minimum absolute atomic E-state index is 0.0488. The number of aromatic amines is 1. The molecule has 8 nitrogen and oxygen atoms in total. The number of benzene rings is 2. The summed E-state index contributed by atoms with van der Waals surface area (Å²) in [5.41, 5.74) is 4.13. The van der Waals surface area contributed by atoms with E-state index in [1.807, 2.05) is 18.2 Å². The number of methoxy groups -OCH3 is 1. The molecule has 0 aliphatic carbocycles. The van der Waals surface area contributed by atoms with Crippen LogP contribution in [0.4, 0.5) is 5.95 Å². The number of nitriles is 1. The number of rotatable bonds is 5. The van der Waals surface area contributed by atoms with Crippen LogP contribution in [0.1, 0.15) is 37.5 Å². The van der Waals surface area contributed by atoms with E-state index in [2.05, 4.69) is 41.3 Å². The monoisotopic (exact) mass is 417 g/mol. The minimum Gasteiger partial charge on any atom is -0.504 e. The van der Waals surface area contributed by atoms with Crippen LogP contribution < -0.4 is 15.7 Å². The van der Waals surface area contributed by atoms with Crippen molar-refractivity contribution >= 4 is 12.2 Å². The largest absolute Gasteiger partial charge is 0.504 e. The molecule has 0 aliphatic heterocycles. The summed E-state index contributed by atoms with van der Waals surface area (Å²) in [6, 6.07) is 14.4. The van der Waals surface area contributed by atoms with Crippen molar-refractivity contribution in [3.05, 3.63) is 69.5 Å². The Bertz CT molecular complexity index is 1220. The van der Waals surface area contributed by atoms with Gasteiger partial charge in [-0.2, -0.15) is 10.4 Å². The van der Waals surface area contributed by atoms with Gasteiger partial charge < -0.3 is 9.84 Å². The molecule has 2 aromatic carbocycles. The standard InChI is InChI=1S/C23H23N5O3/c1-23(2,3)16-10-15(20(29)18(11-16)31-4)13-25-28-22-26-19(14-8-6-5-7-9-14)17(12-24)21(30)27-22/h5-11,13,29H,1-4H3,(H2,26,27,28,30). The Morgan fingerprint density at radius 1 is 1.26 bits per heavy atom. The van der Waals surface area contributed by atoms with Crippen LogP contribution in [0.3, 0.4) is 0 Å². The van der Waals surface area contributed by atoms with Gasteiger partial charge in [-0.1, -0.05) is 51.1 Å². The zero-order valence-electron chi connectivity index (χ0n) is 17.7. The van der Waals surface area contributed by atoms with E-state index in [1.54, 1.807) is 30.3 Å². The highest BCUT2D eigenvalue weighted by molar-refractivity contribution is 5.86. The van der Waals surface area contributed by atoms with Crippen molar-refractivity contribution in [3.63, 3.8) is 0 Å². The predicted molar refractivity (Wildman–Crippen MR) is 120 cm³/mol. The van der Waals surface area contributed by atoms with Gasteiger partial charge in [0.15, 0.2) is 11.5 Å². The number of phenols is 1. The van der Waals surface area contributed by atoms with Crippen LogP contribution in [0.25, 0.3) is 11.3 Å². The number of nitrogens with one attached hydrogen (secondary N) is 2. The van der Waals surface area contributed by atoms with Gasteiger partial charge in [0.25, 0.3) is 5.56 Å². The van der Waals surface area contributed by atoms with Crippen LogP contribution >= 0.6 is 0 Å². The van der Waals surface area contributed by atoms with E-state index >= 15 is 0 Å². The molecule has 0 bridgehead atoms. The maximum Gasteiger partial charge on any atom is 0.270 e. The van der Waals surface area contributed by atoms with E-state index in [0.717, 1.165) is 5.56 Å². The van der Waals surface area contributed by atoms with E-state index in [1.165, 1.54) is 13.3 Å². The third-order valence-corrected chi connectivity index (χ3v) is 4.64. The molecule has 0 atom stereocenters. The van der Waals surface area contributed by atoms with Gasteiger partial charge in [-0.25, -0.2) is 10.4 Å². The summed E-state index contributed by atoms with van der Waals surface area (Å²) >= 11 is 0. The van der Waals surface area contributed by atoms with E-state index < -0.39 is 5.56 Å². The van der Waals surface area contributed by atoms with Gasteiger partial charge in [0.05, 0.1) is 19.0 Å². The summed E-state index contributed by atoms with van der Waals surface area (Å²) in [4.78, 5) is 19.1. The van der Waals surface area contributed by atoms with Gasteiger partial charge in [0.2, 0.25) is 5.95 Å². The molecule has 0 saturated heterocycles. The maximum absolute atomic E-state index is 12.3. The fourth-order valence-electron chi connectivity index (χ4n) is 2.91. The molecule has 0 unspecified atom stereocenters. The first kappa shape index (κ1) is 21.6. The molecule has 0 radical (unpaired) electrons. The molecular weight excluding hydrogens is 394 g/mol. The van der Waals surface area contributed by atoms with Crippen LogP contribution in [0.15, 0.2) is 52.4 Å². The number of hydrogen-bond donors (Lipinski definition) is 3. The lowest BCUT2D eigenvalue weighted by molar-refractivity contribution is 0.371. The van der Waals surface area contributed by atoms with E-state index in [4.69, 9.17) is 4.74 Å². The smallest absolute Gasteiger partial charge is 0.270 e. The van der Waals surface area contributed by atoms with Gasteiger partial charge in [-0.05, 0) is 23.1 Å². The minimum atomic E-state index is -0.576. The molecule has 0 amide bonds. The lowest BCUT2D eigenvalue weighted by Gasteiger charge is -2.21. The average molecular weight is 417 g/mol. The lowest BCUT2D eigenvalue weighted by Crippen LogP contribution is -2.16. The van der Waals surface area contributed by atoms with Crippen molar-refractivity contribution in [2.24, 2.45) is 5.10 Å². The molecule has 3 aromatic rings. The van der Waals surface area contributed by atoms with Crippen LogP contribution in [0.5, 0.6) is 11.5 Å². The third kappa shape index (κ3) is 4.73. The van der Waals surface area contributed by atoms with Crippen LogP contribution in [-0.2, 0) is 5.41 Å². The Hall–Kier alpha value is -4.12. The highest BCUT2D eigenvalue weighted by Crippen LogP contribution is 2.35. The summed E-state index contributed by atoms with van der Waals surface area (Å²) in [5, 5.41) is 23.9. The molecule has 3 N–H and O–H groups in total. The van der Waals surface area contributed by atoms with Crippen molar-refractivity contribution in [1.82, 2.24) is 9.97 Å². The number of nitrogens with zero attached hydrogens (tertiary/aromatic N) is 3. The van der Waals surface area contributed by atoms with Crippen LogP contribution in [0, 0.1) is 11.3 Å². The van der Waals surface area contributed by atoms with Crippen molar-refractivity contribution in [1.29, 1.82) is 5.26 Å². The van der Waals surface area contributed by atoms with E-state index in [-0.39, 0.29) is 28.4 Å². The number of hydrazone groups is 1. The molecule has 0 aliphatic rings. The topological polar surface area (TPSA) is 123 Å². The fourth-order valence-corrected chi connectivity index (χ4v) is 2.91. The second-order valence-electron chi connectivity index (χ2n) is 7.85. The maximum atomic E-state index is 12.3. The SMILES string of the molecule is COc1cc(C(C)(C)C)cc(C=NNc2nc(-c3ccccc3)c(C#N)c(=O)[nH]2)c1O. The lowest BCUT2D eigenvalue weighted by atomic mass is 9.86. The first-order valence-electron chi connectivity index (χ1n) is 9.55. The number of H-pyrrole nitrogens is 1. The van der Waals surface area contributed by atoms with Crippen LogP contribution in [0.2, 0.25) is 0 Å². The fraction of sp³-hybridized carbons (Fsp3) is 0.217. The van der Waals surface area contributed by atoms with Gasteiger partial charge in [-0.3, -0.25) is 9.78 Å². The number of aromatic hydroxyl groups is 1. The molecule has 0 spiro atoms. The molecule has 31 heavy (non-hydrogen) atoms.